The van der Waals surface area contributed by atoms with Crippen LogP contribution in [-0.4, -0.2) is 36.1 Å². The highest BCUT2D eigenvalue weighted by Crippen LogP contribution is 2.28. The molecule has 0 atom stereocenters. The first-order valence-corrected chi connectivity index (χ1v) is 9.09. The monoisotopic (exact) mass is 367 g/mol. The maximum Gasteiger partial charge on any atom is 0.251 e. The third-order valence-corrected chi connectivity index (χ3v) is 4.08. The molecule has 0 saturated heterocycles. The summed E-state index contributed by atoms with van der Waals surface area (Å²) in [5.74, 6) is 2.31. The van der Waals surface area contributed by atoms with Crippen LogP contribution in [-0.2, 0) is 6.42 Å². The smallest absolute Gasteiger partial charge is 0.251 e. The van der Waals surface area contributed by atoms with Crippen LogP contribution in [0.2, 0.25) is 0 Å². The Hall–Kier alpha value is -3.02. The number of para-hydroxylation sites is 2. The van der Waals surface area contributed by atoms with Crippen LogP contribution in [0.15, 0.2) is 42.5 Å². The van der Waals surface area contributed by atoms with E-state index < -0.39 is 0 Å². The van der Waals surface area contributed by atoms with Gasteiger partial charge in [0.1, 0.15) is 5.82 Å². The second-order valence-corrected chi connectivity index (χ2v) is 6.78. The van der Waals surface area contributed by atoms with Crippen LogP contribution >= 0.6 is 0 Å². The molecular formula is C21H25N3O3. The second kappa shape index (κ2) is 8.58. The summed E-state index contributed by atoms with van der Waals surface area (Å²) in [6.07, 6.45) is 0.632. The molecule has 0 unspecified atom stereocenters. The van der Waals surface area contributed by atoms with Gasteiger partial charge in [0.25, 0.3) is 5.91 Å². The normalized spacial score (nSPS) is 11.0. The molecule has 1 amide bonds. The Balaban J connectivity index is 1.58. The van der Waals surface area contributed by atoms with Crippen molar-refractivity contribution < 1.29 is 14.3 Å². The van der Waals surface area contributed by atoms with Gasteiger partial charge in [0.05, 0.1) is 24.8 Å². The maximum atomic E-state index is 12.4. The molecule has 27 heavy (non-hydrogen) atoms. The van der Waals surface area contributed by atoms with E-state index in [-0.39, 0.29) is 5.91 Å². The molecule has 0 spiro atoms. The van der Waals surface area contributed by atoms with E-state index >= 15 is 0 Å². The summed E-state index contributed by atoms with van der Waals surface area (Å²) in [5.41, 5.74) is 2.47. The van der Waals surface area contributed by atoms with Gasteiger partial charge in [-0.2, -0.15) is 0 Å². The van der Waals surface area contributed by atoms with E-state index in [9.17, 15) is 4.79 Å². The molecule has 2 aromatic carbocycles. The van der Waals surface area contributed by atoms with E-state index in [0.29, 0.717) is 42.6 Å². The molecule has 0 fully saturated rings. The number of aromatic amines is 1. The maximum absolute atomic E-state index is 12.4. The fraction of sp³-hybridized carbons (Fsp3) is 0.333. The van der Waals surface area contributed by atoms with E-state index in [4.69, 9.17) is 9.47 Å². The van der Waals surface area contributed by atoms with Gasteiger partial charge in [0.15, 0.2) is 11.5 Å². The number of nitrogens with zero attached hydrogens (tertiary/aromatic N) is 1. The van der Waals surface area contributed by atoms with E-state index in [0.717, 1.165) is 16.9 Å². The largest absolute Gasteiger partial charge is 0.493 e. The molecular weight excluding hydrogens is 342 g/mol. The predicted octanol–water partition coefficient (Wildman–Crippen LogP) is 3.58. The molecule has 0 aliphatic rings. The molecule has 6 nitrogen and oxygen atoms in total. The number of amides is 1. The van der Waals surface area contributed by atoms with Crippen molar-refractivity contribution in [2.45, 2.75) is 20.3 Å². The average molecular weight is 367 g/mol. The molecule has 1 heterocycles. The highest BCUT2D eigenvalue weighted by molar-refractivity contribution is 5.94. The molecule has 0 saturated carbocycles. The van der Waals surface area contributed by atoms with Gasteiger partial charge in [-0.05, 0) is 36.2 Å². The van der Waals surface area contributed by atoms with Gasteiger partial charge < -0.3 is 19.8 Å². The van der Waals surface area contributed by atoms with Gasteiger partial charge in [-0.25, -0.2) is 4.98 Å². The Bertz CT molecular complexity index is 885. The van der Waals surface area contributed by atoms with Crippen molar-refractivity contribution in [3.8, 4) is 11.5 Å². The number of ether oxygens (including phenoxy) is 2. The van der Waals surface area contributed by atoms with E-state index in [1.165, 1.54) is 0 Å². The fourth-order valence-electron chi connectivity index (χ4n) is 2.71. The van der Waals surface area contributed by atoms with Crippen molar-refractivity contribution in [3.63, 3.8) is 0 Å². The van der Waals surface area contributed by atoms with Crippen LogP contribution in [0.4, 0.5) is 0 Å². The minimum absolute atomic E-state index is 0.153. The molecule has 0 aliphatic carbocycles. The number of carbonyl (C=O) groups excluding carboxylic acids is 1. The van der Waals surface area contributed by atoms with Crippen LogP contribution < -0.4 is 14.8 Å². The Kier molecular flexibility index (Phi) is 5.96. The fourth-order valence-corrected chi connectivity index (χ4v) is 2.71. The number of aromatic nitrogens is 2. The van der Waals surface area contributed by atoms with Crippen LogP contribution in [0, 0.1) is 5.92 Å². The van der Waals surface area contributed by atoms with Crippen molar-refractivity contribution in [2.75, 3.05) is 20.3 Å². The number of benzene rings is 2. The number of imidazole rings is 1. The Morgan fingerprint density at radius 1 is 1.19 bits per heavy atom. The zero-order valence-electron chi connectivity index (χ0n) is 15.9. The van der Waals surface area contributed by atoms with Crippen LogP contribution in [0.1, 0.15) is 30.0 Å². The molecule has 3 aromatic rings. The molecule has 6 heteroatoms. The van der Waals surface area contributed by atoms with E-state index in [1.54, 1.807) is 25.3 Å². The SMILES string of the molecule is COc1cc(C(=O)NCCc2nc3ccccc3[nH]2)ccc1OCC(C)C. The van der Waals surface area contributed by atoms with Crippen molar-refractivity contribution in [2.24, 2.45) is 5.92 Å². The first kappa shape index (κ1) is 18.8. The lowest BCUT2D eigenvalue weighted by Gasteiger charge is -2.13. The van der Waals surface area contributed by atoms with E-state index in [1.807, 2.05) is 24.3 Å². The lowest BCUT2D eigenvalue weighted by Crippen LogP contribution is -2.26. The minimum Gasteiger partial charge on any atom is -0.493 e. The van der Waals surface area contributed by atoms with Crippen LogP contribution in [0.5, 0.6) is 11.5 Å². The molecule has 0 bridgehead atoms. The van der Waals surface area contributed by atoms with Crippen molar-refractivity contribution in [1.82, 2.24) is 15.3 Å². The summed E-state index contributed by atoms with van der Waals surface area (Å²) in [6.45, 7) is 5.25. The number of hydrogen-bond donors (Lipinski definition) is 2. The highest BCUT2D eigenvalue weighted by Gasteiger charge is 2.12. The van der Waals surface area contributed by atoms with Gasteiger partial charge in [0, 0.05) is 18.5 Å². The number of carbonyl (C=O) groups is 1. The summed E-state index contributed by atoms with van der Waals surface area (Å²) in [7, 11) is 1.57. The number of hydrogen-bond acceptors (Lipinski definition) is 4. The lowest BCUT2D eigenvalue weighted by molar-refractivity contribution is 0.0953. The van der Waals surface area contributed by atoms with Gasteiger partial charge in [-0.15, -0.1) is 0 Å². The van der Waals surface area contributed by atoms with Crippen LogP contribution in [0.3, 0.4) is 0 Å². The number of H-pyrrole nitrogens is 1. The summed E-state index contributed by atoms with van der Waals surface area (Å²) in [4.78, 5) is 20.2. The van der Waals surface area contributed by atoms with Gasteiger partial charge in [0.2, 0.25) is 0 Å². The van der Waals surface area contributed by atoms with Gasteiger partial charge in [-0.1, -0.05) is 26.0 Å². The Morgan fingerprint density at radius 2 is 2.00 bits per heavy atom. The standard InChI is InChI=1S/C21H25N3O3/c1-14(2)13-27-18-9-8-15(12-19(18)26-3)21(25)22-11-10-20-23-16-6-4-5-7-17(16)24-20/h4-9,12,14H,10-11,13H2,1-3H3,(H,22,25)(H,23,24). The second-order valence-electron chi connectivity index (χ2n) is 6.78. The number of methoxy groups -OCH3 is 1. The Morgan fingerprint density at radius 3 is 2.74 bits per heavy atom. The zero-order chi connectivity index (χ0) is 19.2. The molecule has 3 rings (SSSR count). The number of nitrogens with one attached hydrogen (secondary N) is 2. The molecule has 1 aromatic heterocycles. The first-order chi connectivity index (χ1) is 13.1. The van der Waals surface area contributed by atoms with Gasteiger partial charge in [-0.3, -0.25) is 4.79 Å². The van der Waals surface area contributed by atoms with E-state index in [2.05, 4.69) is 29.1 Å². The number of fused-ring (bicyclic) bond motifs is 1. The summed E-state index contributed by atoms with van der Waals surface area (Å²) in [5, 5.41) is 2.92. The zero-order valence-corrected chi connectivity index (χ0v) is 15.9. The Labute approximate surface area is 158 Å². The molecule has 142 valence electrons. The third kappa shape index (κ3) is 4.78. The lowest BCUT2D eigenvalue weighted by atomic mass is 10.2. The van der Waals surface area contributed by atoms with Crippen molar-refractivity contribution in [1.29, 1.82) is 0 Å². The summed E-state index contributed by atoms with van der Waals surface area (Å²) >= 11 is 0. The highest BCUT2D eigenvalue weighted by atomic mass is 16.5. The summed E-state index contributed by atoms with van der Waals surface area (Å²) in [6, 6.07) is 13.1. The minimum atomic E-state index is -0.153. The predicted molar refractivity (Wildman–Crippen MR) is 105 cm³/mol. The molecule has 0 aliphatic heterocycles. The molecule has 0 radical (unpaired) electrons. The topological polar surface area (TPSA) is 76.2 Å². The molecule has 2 N–H and O–H groups in total. The summed E-state index contributed by atoms with van der Waals surface area (Å²) < 4.78 is 11.1. The third-order valence-electron chi connectivity index (χ3n) is 4.08. The van der Waals surface area contributed by atoms with Crippen LogP contribution in [0.25, 0.3) is 11.0 Å². The first-order valence-electron chi connectivity index (χ1n) is 9.09. The number of rotatable bonds is 8. The van der Waals surface area contributed by atoms with Crippen molar-refractivity contribution >= 4 is 16.9 Å². The average Bonchev–Trinajstić information content (AvgIpc) is 3.08. The quantitative estimate of drug-likeness (QED) is 0.638. The van der Waals surface area contributed by atoms with Crippen molar-refractivity contribution in [3.05, 3.63) is 53.9 Å². The van der Waals surface area contributed by atoms with Gasteiger partial charge >= 0.3 is 0 Å².